The second-order valence-corrected chi connectivity index (χ2v) is 5.39. The predicted molar refractivity (Wildman–Crippen MR) is 80.9 cm³/mol. The first-order chi connectivity index (χ1) is 9.69. The fourth-order valence-corrected chi connectivity index (χ4v) is 2.37. The van der Waals surface area contributed by atoms with E-state index in [2.05, 4.69) is 30.2 Å². The highest BCUT2D eigenvalue weighted by Crippen LogP contribution is 2.40. The Labute approximate surface area is 119 Å². The largest absolute Gasteiger partial charge is 0.370 e. The van der Waals surface area contributed by atoms with Crippen LogP contribution in [0.4, 0.5) is 5.82 Å². The number of nitrogens with zero attached hydrogens (tertiary/aromatic N) is 3. The topological polar surface area (TPSA) is 50.7 Å². The van der Waals surface area contributed by atoms with E-state index < -0.39 is 0 Å². The Morgan fingerprint density at radius 1 is 1.25 bits per heavy atom. The maximum absolute atomic E-state index is 4.81. The van der Waals surface area contributed by atoms with Crippen molar-refractivity contribution in [3.8, 4) is 11.3 Å². The van der Waals surface area contributed by atoms with Crippen LogP contribution in [0.2, 0.25) is 0 Å². The zero-order chi connectivity index (χ0) is 14.1. The maximum atomic E-state index is 4.81. The number of nitrogens with one attached hydrogen (secondary N) is 1. The van der Waals surface area contributed by atoms with Gasteiger partial charge in [-0.3, -0.25) is 4.98 Å². The molecule has 2 heterocycles. The first-order valence-corrected chi connectivity index (χ1v) is 7.24. The van der Waals surface area contributed by atoms with Gasteiger partial charge in [0.1, 0.15) is 11.6 Å². The lowest BCUT2D eigenvalue weighted by molar-refractivity contribution is 0.918. The van der Waals surface area contributed by atoms with E-state index in [1.165, 1.54) is 12.8 Å². The van der Waals surface area contributed by atoms with Gasteiger partial charge in [0.05, 0.1) is 5.69 Å². The quantitative estimate of drug-likeness (QED) is 0.922. The summed E-state index contributed by atoms with van der Waals surface area (Å²) in [7, 11) is 0. The predicted octanol–water partition coefficient (Wildman–Crippen LogP) is 3.46. The fraction of sp³-hybridized carbons (Fsp3) is 0.438. The standard InChI is InChI=1S/C16H20N4/c1-4-17-15-11(3)14(13-7-8-18-10(2)9-13)19-16(20-15)12-5-6-12/h7-9,12H,4-6H2,1-3H3,(H,17,19,20). The minimum atomic E-state index is 0.551. The molecule has 0 radical (unpaired) electrons. The second-order valence-electron chi connectivity index (χ2n) is 5.39. The highest BCUT2D eigenvalue weighted by Gasteiger charge is 2.28. The van der Waals surface area contributed by atoms with E-state index in [-0.39, 0.29) is 0 Å². The van der Waals surface area contributed by atoms with Crippen LogP contribution in [0.3, 0.4) is 0 Å². The van der Waals surface area contributed by atoms with Gasteiger partial charge in [0.25, 0.3) is 0 Å². The van der Waals surface area contributed by atoms with Gasteiger partial charge in [-0.15, -0.1) is 0 Å². The molecule has 1 aliphatic rings. The van der Waals surface area contributed by atoms with Gasteiger partial charge in [-0.1, -0.05) is 0 Å². The number of hydrogen-bond acceptors (Lipinski definition) is 4. The number of anilines is 1. The van der Waals surface area contributed by atoms with Gasteiger partial charge in [-0.25, -0.2) is 9.97 Å². The number of aryl methyl sites for hydroxylation is 1. The molecule has 4 nitrogen and oxygen atoms in total. The van der Waals surface area contributed by atoms with Crippen molar-refractivity contribution in [2.24, 2.45) is 0 Å². The Hall–Kier alpha value is -1.97. The highest BCUT2D eigenvalue weighted by atomic mass is 15.0. The third-order valence-electron chi connectivity index (χ3n) is 3.62. The van der Waals surface area contributed by atoms with Crippen molar-refractivity contribution in [2.75, 3.05) is 11.9 Å². The lowest BCUT2D eigenvalue weighted by Gasteiger charge is -2.13. The van der Waals surface area contributed by atoms with E-state index in [4.69, 9.17) is 9.97 Å². The Morgan fingerprint density at radius 2 is 2.05 bits per heavy atom. The average molecular weight is 268 g/mol. The average Bonchev–Trinajstić information content (AvgIpc) is 3.26. The van der Waals surface area contributed by atoms with Crippen LogP contribution < -0.4 is 5.32 Å². The zero-order valence-electron chi connectivity index (χ0n) is 12.3. The van der Waals surface area contributed by atoms with Crippen LogP contribution in [0, 0.1) is 13.8 Å². The summed E-state index contributed by atoms with van der Waals surface area (Å²) in [4.78, 5) is 13.8. The molecule has 0 aliphatic heterocycles. The van der Waals surface area contributed by atoms with E-state index >= 15 is 0 Å². The van der Waals surface area contributed by atoms with Crippen molar-refractivity contribution in [2.45, 2.75) is 39.5 Å². The van der Waals surface area contributed by atoms with Gasteiger partial charge in [0, 0.05) is 35.5 Å². The lowest BCUT2D eigenvalue weighted by Crippen LogP contribution is -2.07. The maximum Gasteiger partial charge on any atom is 0.134 e. The first-order valence-electron chi connectivity index (χ1n) is 7.24. The Kier molecular flexibility index (Phi) is 3.38. The van der Waals surface area contributed by atoms with E-state index in [1.54, 1.807) is 0 Å². The molecule has 2 aromatic rings. The van der Waals surface area contributed by atoms with Crippen LogP contribution in [-0.4, -0.2) is 21.5 Å². The molecule has 2 aromatic heterocycles. The van der Waals surface area contributed by atoms with Crippen LogP contribution in [-0.2, 0) is 0 Å². The molecule has 4 heteroatoms. The van der Waals surface area contributed by atoms with Crippen molar-refractivity contribution in [1.82, 2.24) is 15.0 Å². The van der Waals surface area contributed by atoms with E-state index in [1.807, 2.05) is 19.2 Å². The van der Waals surface area contributed by atoms with Gasteiger partial charge in [0.15, 0.2) is 0 Å². The number of rotatable bonds is 4. The van der Waals surface area contributed by atoms with Crippen LogP contribution in [0.1, 0.15) is 42.8 Å². The molecule has 0 aromatic carbocycles. The molecule has 0 bridgehead atoms. The van der Waals surface area contributed by atoms with Crippen molar-refractivity contribution in [1.29, 1.82) is 0 Å². The van der Waals surface area contributed by atoms with E-state index in [0.29, 0.717) is 5.92 Å². The molecule has 0 amide bonds. The smallest absolute Gasteiger partial charge is 0.134 e. The summed E-state index contributed by atoms with van der Waals surface area (Å²) in [5.41, 5.74) is 4.28. The summed E-state index contributed by atoms with van der Waals surface area (Å²) in [6.07, 6.45) is 4.27. The van der Waals surface area contributed by atoms with E-state index in [0.717, 1.165) is 40.7 Å². The molecular weight excluding hydrogens is 248 g/mol. The molecule has 0 saturated heterocycles. The van der Waals surface area contributed by atoms with Gasteiger partial charge in [-0.05, 0) is 45.7 Å². The third-order valence-corrected chi connectivity index (χ3v) is 3.62. The van der Waals surface area contributed by atoms with Crippen LogP contribution >= 0.6 is 0 Å². The Balaban J connectivity index is 2.12. The molecule has 1 fully saturated rings. The van der Waals surface area contributed by atoms with Crippen molar-refractivity contribution < 1.29 is 0 Å². The summed E-state index contributed by atoms with van der Waals surface area (Å²) >= 11 is 0. The SMILES string of the molecule is CCNc1nc(C2CC2)nc(-c2ccnc(C)c2)c1C. The fourth-order valence-electron chi connectivity index (χ4n) is 2.37. The molecule has 0 atom stereocenters. The summed E-state index contributed by atoms with van der Waals surface area (Å²) in [5.74, 6) is 2.50. The Morgan fingerprint density at radius 3 is 2.70 bits per heavy atom. The monoisotopic (exact) mass is 268 g/mol. The first kappa shape index (κ1) is 13.0. The normalized spacial score (nSPS) is 14.3. The van der Waals surface area contributed by atoms with Gasteiger partial charge in [-0.2, -0.15) is 0 Å². The van der Waals surface area contributed by atoms with Crippen molar-refractivity contribution in [3.05, 3.63) is 35.4 Å². The number of aromatic nitrogens is 3. The third kappa shape index (κ3) is 2.50. The van der Waals surface area contributed by atoms with Crippen molar-refractivity contribution in [3.63, 3.8) is 0 Å². The van der Waals surface area contributed by atoms with Crippen LogP contribution in [0.25, 0.3) is 11.3 Å². The summed E-state index contributed by atoms with van der Waals surface area (Å²) in [6.45, 7) is 7.05. The molecule has 1 aliphatic carbocycles. The highest BCUT2D eigenvalue weighted by molar-refractivity contribution is 5.68. The van der Waals surface area contributed by atoms with E-state index in [9.17, 15) is 0 Å². The number of hydrogen-bond donors (Lipinski definition) is 1. The molecule has 104 valence electrons. The van der Waals surface area contributed by atoms with Gasteiger partial charge < -0.3 is 5.32 Å². The minimum Gasteiger partial charge on any atom is -0.370 e. The van der Waals surface area contributed by atoms with Crippen molar-refractivity contribution >= 4 is 5.82 Å². The summed E-state index contributed by atoms with van der Waals surface area (Å²) in [5, 5.41) is 3.36. The van der Waals surface area contributed by atoms with Crippen LogP contribution in [0.15, 0.2) is 18.3 Å². The second kappa shape index (κ2) is 5.19. The number of pyridine rings is 1. The van der Waals surface area contributed by atoms with Crippen LogP contribution in [0.5, 0.6) is 0 Å². The molecule has 1 saturated carbocycles. The minimum absolute atomic E-state index is 0.551. The molecule has 3 rings (SSSR count). The summed E-state index contributed by atoms with van der Waals surface area (Å²) < 4.78 is 0. The molecule has 0 spiro atoms. The molecule has 0 unspecified atom stereocenters. The lowest BCUT2D eigenvalue weighted by atomic mass is 10.1. The summed E-state index contributed by atoms with van der Waals surface area (Å²) in [6, 6.07) is 4.11. The molecule has 1 N–H and O–H groups in total. The molecular formula is C16H20N4. The molecule has 20 heavy (non-hydrogen) atoms. The zero-order valence-corrected chi connectivity index (χ0v) is 12.3. The van der Waals surface area contributed by atoms with Gasteiger partial charge >= 0.3 is 0 Å². The Bertz CT molecular complexity index is 632. The van der Waals surface area contributed by atoms with Gasteiger partial charge in [0.2, 0.25) is 0 Å².